The molecule has 3 aromatic rings. The monoisotopic (exact) mass is 393 g/mol. The van der Waals surface area contributed by atoms with E-state index in [9.17, 15) is 0 Å². The summed E-state index contributed by atoms with van der Waals surface area (Å²) in [5, 5.41) is 16.7. The lowest BCUT2D eigenvalue weighted by Crippen LogP contribution is -2.33. The van der Waals surface area contributed by atoms with E-state index in [1.165, 1.54) is 12.8 Å². The standard InChI is InChI=1S/C20H23N7S/c1-12-4-6-27(7-5-12)18-11-24-10-17(26-18)15-9-25-16-3-2-13(8-14(15)16)19(21)28-20(22)23/h2-3,8-12,21,25H,4-7H2,1H3,(H3,22,23). The molecule has 28 heavy (non-hydrogen) atoms. The predicted molar refractivity (Wildman–Crippen MR) is 116 cm³/mol. The summed E-state index contributed by atoms with van der Waals surface area (Å²) in [5.41, 5.74) is 8.88. The van der Waals surface area contributed by atoms with Gasteiger partial charge >= 0.3 is 0 Å². The van der Waals surface area contributed by atoms with Crippen LogP contribution in [-0.4, -0.2) is 38.3 Å². The van der Waals surface area contributed by atoms with E-state index >= 15 is 0 Å². The van der Waals surface area contributed by atoms with Gasteiger partial charge in [0.05, 0.1) is 18.1 Å². The number of nitrogens with two attached hydrogens (primary N) is 1. The molecule has 144 valence electrons. The first kappa shape index (κ1) is 18.5. The van der Waals surface area contributed by atoms with E-state index < -0.39 is 0 Å². The molecule has 0 radical (unpaired) electrons. The highest BCUT2D eigenvalue weighted by molar-refractivity contribution is 8.26. The third-order valence-electron chi connectivity index (χ3n) is 5.16. The number of nitrogens with zero attached hydrogens (tertiary/aromatic N) is 3. The number of amidine groups is 1. The lowest BCUT2D eigenvalue weighted by molar-refractivity contribution is 0.436. The lowest BCUT2D eigenvalue weighted by Gasteiger charge is -2.31. The van der Waals surface area contributed by atoms with Crippen LogP contribution in [0.5, 0.6) is 0 Å². The Balaban J connectivity index is 1.68. The van der Waals surface area contributed by atoms with Crippen LogP contribution in [-0.2, 0) is 0 Å². The van der Waals surface area contributed by atoms with Crippen molar-refractivity contribution in [3.8, 4) is 11.3 Å². The first-order valence-electron chi connectivity index (χ1n) is 9.30. The second-order valence-electron chi connectivity index (χ2n) is 7.19. The largest absolute Gasteiger partial charge is 0.378 e. The van der Waals surface area contributed by atoms with Gasteiger partial charge in [-0.05, 0) is 42.7 Å². The molecule has 3 heterocycles. The SMILES string of the molecule is CC1CCN(c2cncc(-c3c[nH]c4ccc(C(=N)SC(=N)N)cc34)n2)CC1. The van der Waals surface area contributed by atoms with Gasteiger partial charge in [0.2, 0.25) is 0 Å². The Labute approximate surface area is 167 Å². The number of hydrogen-bond donors (Lipinski definition) is 4. The fourth-order valence-corrected chi connectivity index (χ4v) is 3.98. The number of aromatic amines is 1. The van der Waals surface area contributed by atoms with Crippen molar-refractivity contribution in [1.82, 2.24) is 15.0 Å². The van der Waals surface area contributed by atoms with Crippen molar-refractivity contribution in [2.24, 2.45) is 11.7 Å². The number of H-pyrrole nitrogens is 1. The van der Waals surface area contributed by atoms with Gasteiger partial charge in [0, 0.05) is 41.3 Å². The smallest absolute Gasteiger partial charge is 0.157 e. The second-order valence-corrected chi connectivity index (χ2v) is 8.24. The van der Waals surface area contributed by atoms with Gasteiger partial charge in [0.1, 0.15) is 10.9 Å². The fraction of sp³-hybridized carbons (Fsp3) is 0.300. The Bertz CT molecular complexity index is 1030. The summed E-state index contributed by atoms with van der Waals surface area (Å²) in [7, 11) is 0. The van der Waals surface area contributed by atoms with Crippen molar-refractivity contribution in [2.45, 2.75) is 19.8 Å². The zero-order valence-corrected chi connectivity index (χ0v) is 16.5. The molecule has 1 aromatic carbocycles. The van der Waals surface area contributed by atoms with Crippen LogP contribution >= 0.6 is 11.8 Å². The van der Waals surface area contributed by atoms with Gasteiger partial charge in [-0.3, -0.25) is 15.8 Å². The molecule has 0 amide bonds. The van der Waals surface area contributed by atoms with Crippen molar-refractivity contribution >= 4 is 38.7 Å². The number of benzene rings is 1. The third-order valence-corrected chi connectivity index (χ3v) is 5.82. The van der Waals surface area contributed by atoms with E-state index in [0.717, 1.165) is 64.3 Å². The van der Waals surface area contributed by atoms with E-state index in [4.69, 9.17) is 21.5 Å². The van der Waals surface area contributed by atoms with Crippen molar-refractivity contribution < 1.29 is 0 Å². The topological polar surface area (TPSA) is 119 Å². The van der Waals surface area contributed by atoms with Crippen LogP contribution in [0.15, 0.2) is 36.8 Å². The van der Waals surface area contributed by atoms with Crippen molar-refractivity contribution in [1.29, 1.82) is 10.8 Å². The molecule has 1 saturated heterocycles. The molecule has 1 aliphatic rings. The molecular formula is C20H23N7S. The maximum atomic E-state index is 8.15. The summed E-state index contributed by atoms with van der Waals surface area (Å²) in [5.74, 6) is 1.68. The van der Waals surface area contributed by atoms with E-state index in [0.29, 0.717) is 0 Å². The number of aromatic nitrogens is 3. The quantitative estimate of drug-likeness (QED) is 0.398. The zero-order chi connectivity index (χ0) is 19.7. The number of rotatable bonds is 3. The summed E-state index contributed by atoms with van der Waals surface area (Å²) >= 11 is 0.941. The van der Waals surface area contributed by atoms with Gasteiger partial charge in [0.15, 0.2) is 5.17 Å². The summed E-state index contributed by atoms with van der Waals surface area (Å²) < 4.78 is 0. The van der Waals surface area contributed by atoms with Crippen LogP contribution in [0, 0.1) is 16.7 Å². The first-order valence-corrected chi connectivity index (χ1v) is 10.1. The Hall–Kier alpha value is -2.87. The maximum absolute atomic E-state index is 8.15. The Morgan fingerprint density at radius 1 is 1.25 bits per heavy atom. The number of thioether (sulfide) groups is 1. The van der Waals surface area contributed by atoms with Gasteiger partial charge in [0.25, 0.3) is 0 Å². The summed E-state index contributed by atoms with van der Waals surface area (Å²) in [4.78, 5) is 14.9. The summed E-state index contributed by atoms with van der Waals surface area (Å²) in [6.07, 6.45) is 7.90. The first-order chi connectivity index (χ1) is 13.5. The van der Waals surface area contributed by atoms with Gasteiger partial charge < -0.3 is 15.6 Å². The van der Waals surface area contributed by atoms with E-state index in [1.54, 1.807) is 6.20 Å². The molecule has 4 rings (SSSR count). The molecule has 0 atom stereocenters. The number of hydrogen-bond acceptors (Lipinski definition) is 6. The fourth-order valence-electron chi connectivity index (χ4n) is 3.52. The third kappa shape index (κ3) is 3.73. The van der Waals surface area contributed by atoms with Gasteiger partial charge in [-0.25, -0.2) is 4.98 Å². The highest BCUT2D eigenvalue weighted by atomic mass is 32.2. The highest BCUT2D eigenvalue weighted by Crippen LogP contribution is 2.30. The normalized spacial score (nSPS) is 15.1. The molecule has 7 nitrogen and oxygen atoms in total. The zero-order valence-electron chi connectivity index (χ0n) is 15.7. The number of nitrogens with one attached hydrogen (secondary N) is 3. The average molecular weight is 394 g/mol. The van der Waals surface area contributed by atoms with Crippen LogP contribution in [0.3, 0.4) is 0 Å². The van der Waals surface area contributed by atoms with Crippen molar-refractivity contribution in [3.63, 3.8) is 0 Å². The Morgan fingerprint density at radius 3 is 2.79 bits per heavy atom. The number of piperidine rings is 1. The number of fused-ring (bicyclic) bond motifs is 1. The summed E-state index contributed by atoms with van der Waals surface area (Å²) in [6.45, 7) is 4.32. The molecule has 0 spiro atoms. The van der Waals surface area contributed by atoms with Crippen LogP contribution in [0.1, 0.15) is 25.3 Å². The van der Waals surface area contributed by atoms with Crippen LogP contribution < -0.4 is 10.6 Å². The molecule has 8 heteroatoms. The maximum Gasteiger partial charge on any atom is 0.157 e. The van der Waals surface area contributed by atoms with Crippen LogP contribution in [0.2, 0.25) is 0 Å². The molecule has 0 unspecified atom stereocenters. The molecule has 0 bridgehead atoms. The van der Waals surface area contributed by atoms with Gasteiger partial charge in [-0.1, -0.05) is 13.0 Å². The second kappa shape index (κ2) is 7.63. The molecule has 1 aliphatic heterocycles. The average Bonchev–Trinajstić information content (AvgIpc) is 3.11. The molecule has 0 aliphatic carbocycles. The lowest BCUT2D eigenvalue weighted by atomic mass is 9.99. The Morgan fingerprint density at radius 2 is 2.04 bits per heavy atom. The predicted octanol–water partition coefficient (Wildman–Crippen LogP) is 3.81. The Kier molecular flexibility index (Phi) is 5.04. The minimum atomic E-state index is -0.0891. The minimum absolute atomic E-state index is 0.0891. The number of anilines is 1. The highest BCUT2D eigenvalue weighted by Gasteiger charge is 2.18. The van der Waals surface area contributed by atoms with E-state index in [2.05, 4.69) is 21.8 Å². The van der Waals surface area contributed by atoms with Crippen LogP contribution in [0.4, 0.5) is 5.82 Å². The van der Waals surface area contributed by atoms with Crippen molar-refractivity contribution in [3.05, 3.63) is 42.4 Å². The van der Waals surface area contributed by atoms with Crippen LogP contribution in [0.25, 0.3) is 22.2 Å². The molecule has 1 fully saturated rings. The van der Waals surface area contributed by atoms with Gasteiger partial charge in [-0.15, -0.1) is 0 Å². The van der Waals surface area contributed by atoms with E-state index in [1.807, 2.05) is 30.6 Å². The van der Waals surface area contributed by atoms with Gasteiger partial charge in [-0.2, -0.15) is 0 Å². The molecule has 0 saturated carbocycles. The molecule has 2 aromatic heterocycles. The molecule has 5 N–H and O–H groups in total. The van der Waals surface area contributed by atoms with Crippen molar-refractivity contribution in [2.75, 3.05) is 18.0 Å². The summed E-state index contributed by atoms with van der Waals surface area (Å²) in [6, 6.07) is 5.74. The minimum Gasteiger partial charge on any atom is -0.378 e. The molecular weight excluding hydrogens is 370 g/mol. The van der Waals surface area contributed by atoms with E-state index in [-0.39, 0.29) is 10.2 Å².